The van der Waals surface area contributed by atoms with Gasteiger partial charge in [0.05, 0.1) is 18.8 Å². The Morgan fingerprint density at radius 1 is 1.50 bits per heavy atom. The van der Waals surface area contributed by atoms with Crippen molar-refractivity contribution in [2.45, 2.75) is 44.9 Å². The van der Waals surface area contributed by atoms with Gasteiger partial charge in [-0.2, -0.15) is 4.37 Å². The lowest BCUT2D eigenvalue weighted by atomic mass is 10.2. The van der Waals surface area contributed by atoms with Crippen molar-refractivity contribution >= 4 is 28.3 Å². The smallest absolute Gasteiger partial charge is 0.258 e. The lowest BCUT2D eigenvalue weighted by molar-refractivity contribution is 0.0345. The van der Waals surface area contributed by atoms with Gasteiger partial charge in [-0.05, 0) is 38.2 Å². The van der Waals surface area contributed by atoms with Gasteiger partial charge in [0.15, 0.2) is 5.82 Å². The molecule has 2 fully saturated rings. The molecule has 2 heterocycles. The molecule has 0 radical (unpaired) electrons. The molecule has 6 nitrogen and oxygen atoms in total. The zero-order valence-corrected chi connectivity index (χ0v) is 12.6. The van der Waals surface area contributed by atoms with E-state index in [0.29, 0.717) is 24.0 Å². The first-order valence-electron chi connectivity index (χ1n) is 7.00. The van der Waals surface area contributed by atoms with Gasteiger partial charge >= 0.3 is 0 Å². The van der Waals surface area contributed by atoms with E-state index < -0.39 is 0 Å². The zero-order valence-electron chi connectivity index (χ0n) is 11.8. The van der Waals surface area contributed by atoms with Crippen LogP contribution in [-0.4, -0.2) is 41.6 Å². The first kappa shape index (κ1) is 13.6. The fourth-order valence-electron chi connectivity index (χ4n) is 2.37. The number of anilines is 2. The fraction of sp³-hybridized carbons (Fsp3) is 0.692. The third kappa shape index (κ3) is 2.60. The first-order valence-corrected chi connectivity index (χ1v) is 7.78. The van der Waals surface area contributed by atoms with Crippen LogP contribution < -0.4 is 16.0 Å². The van der Waals surface area contributed by atoms with Crippen molar-refractivity contribution in [3.05, 3.63) is 5.56 Å². The van der Waals surface area contributed by atoms with Crippen LogP contribution in [0, 0.1) is 0 Å². The topological polar surface area (TPSA) is 80.5 Å². The molecule has 1 aromatic rings. The molecule has 3 rings (SSSR count). The molecule has 3 N–H and O–H groups in total. The van der Waals surface area contributed by atoms with E-state index >= 15 is 0 Å². The van der Waals surface area contributed by atoms with Crippen molar-refractivity contribution in [1.29, 1.82) is 0 Å². The van der Waals surface area contributed by atoms with Crippen molar-refractivity contribution in [3.8, 4) is 0 Å². The molecular weight excluding hydrogens is 276 g/mol. The molecule has 1 saturated heterocycles. The summed E-state index contributed by atoms with van der Waals surface area (Å²) in [6, 6.07) is 0.536. The molecule has 2 aliphatic rings. The van der Waals surface area contributed by atoms with Gasteiger partial charge < -0.3 is 20.7 Å². The molecule has 110 valence electrons. The summed E-state index contributed by atoms with van der Waals surface area (Å²) in [6.45, 7) is 5.53. The van der Waals surface area contributed by atoms with Gasteiger partial charge in [-0.15, -0.1) is 0 Å². The Morgan fingerprint density at radius 2 is 2.25 bits per heavy atom. The summed E-state index contributed by atoms with van der Waals surface area (Å²) in [4.78, 5) is 14.5. The highest BCUT2D eigenvalue weighted by atomic mass is 32.1. The number of nitrogens with two attached hydrogens (primary N) is 1. The summed E-state index contributed by atoms with van der Waals surface area (Å²) in [7, 11) is 0. The van der Waals surface area contributed by atoms with E-state index in [1.54, 1.807) is 0 Å². The second-order valence-electron chi connectivity index (χ2n) is 5.64. The van der Waals surface area contributed by atoms with Gasteiger partial charge in [0, 0.05) is 12.6 Å². The Labute approximate surface area is 122 Å². The number of ether oxygens (including phenoxy) is 1. The predicted octanol–water partition coefficient (Wildman–Crippen LogP) is 1.23. The average Bonchev–Trinajstić information content (AvgIpc) is 3.13. The number of hydrogen-bond acceptors (Lipinski definition) is 6. The van der Waals surface area contributed by atoms with E-state index in [-0.39, 0.29) is 18.1 Å². The molecule has 0 spiro atoms. The van der Waals surface area contributed by atoms with Crippen molar-refractivity contribution in [2.24, 2.45) is 0 Å². The van der Waals surface area contributed by atoms with E-state index in [4.69, 9.17) is 10.5 Å². The molecule has 1 aliphatic carbocycles. The van der Waals surface area contributed by atoms with Crippen molar-refractivity contribution < 1.29 is 9.53 Å². The van der Waals surface area contributed by atoms with Crippen LogP contribution in [0.1, 0.15) is 37.0 Å². The lowest BCUT2D eigenvalue weighted by Crippen LogP contribution is -2.47. The van der Waals surface area contributed by atoms with Gasteiger partial charge in [0.2, 0.25) is 0 Å². The fourth-order valence-corrected chi connectivity index (χ4v) is 3.30. The van der Waals surface area contributed by atoms with Crippen LogP contribution in [0.5, 0.6) is 0 Å². The molecule has 0 aromatic carbocycles. The van der Waals surface area contributed by atoms with Crippen molar-refractivity contribution in [3.63, 3.8) is 0 Å². The van der Waals surface area contributed by atoms with Gasteiger partial charge in [-0.25, -0.2) is 0 Å². The number of amides is 1. The predicted molar refractivity (Wildman–Crippen MR) is 79.2 cm³/mol. The van der Waals surface area contributed by atoms with Gasteiger partial charge in [-0.3, -0.25) is 4.79 Å². The number of nitrogens with zero attached hydrogens (tertiary/aromatic N) is 2. The number of carbonyl (C=O) groups excluding carboxylic acids is 1. The van der Waals surface area contributed by atoms with Crippen LogP contribution in [0.4, 0.5) is 10.8 Å². The summed E-state index contributed by atoms with van der Waals surface area (Å²) in [5.41, 5.74) is 6.44. The van der Waals surface area contributed by atoms with E-state index in [0.717, 1.165) is 24.4 Å². The van der Waals surface area contributed by atoms with Gasteiger partial charge in [0.1, 0.15) is 10.6 Å². The summed E-state index contributed by atoms with van der Waals surface area (Å²) in [6.07, 6.45) is 2.27. The highest BCUT2D eigenvalue weighted by molar-refractivity contribution is 7.11. The molecule has 2 unspecified atom stereocenters. The summed E-state index contributed by atoms with van der Waals surface area (Å²) in [5, 5.41) is 3.86. The van der Waals surface area contributed by atoms with Crippen LogP contribution >= 0.6 is 11.5 Å². The van der Waals surface area contributed by atoms with E-state index in [1.165, 1.54) is 11.5 Å². The van der Waals surface area contributed by atoms with Crippen molar-refractivity contribution in [2.75, 3.05) is 23.8 Å². The van der Waals surface area contributed by atoms with Gasteiger partial charge in [-0.1, -0.05) is 0 Å². The number of hydrogen-bond donors (Lipinski definition) is 2. The lowest BCUT2D eigenvalue weighted by Gasteiger charge is -2.37. The normalized spacial score (nSPS) is 26.6. The highest BCUT2D eigenvalue weighted by Gasteiger charge is 2.32. The van der Waals surface area contributed by atoms with E-state index in [1.807, 2.05) is 6.92 Å². The van der Waals surface area contributed by atoms with Gasteiger partial charge in [0.25, 0.3) is 5.91 Å². The minimum absolute atomic E-state index is 0.0971. The third-order valence-electron chi connectivity index (χ3n) is 3.71. The Balaban J connectivity index is 1.86. The number of morpholine rings is 1. The summed E-state index contributed by atoms with van der Waals surface area (Å²) in [5.74, 6) is 0.231. The molecule has 20 heavy (non-hydrogen) atoms. The van der Waals surface area contributed by atoms with E-state index in [2.05, 4.69) is 21.5 Å². The average molecular weight is 296 g/mol. The van der Waals surface area contributed by atoms with Crippen LogP contribution in [0.25, 0.3) is 0 Å². The van der Waals surface area contributed by atoms with Crippen LogP contribution in [0.3, 0.4) is 0 Å². The third-order valence-corrected chi connectivity index (χ3v) is 4.61. The molecule has 2 atom stereocenters. The number of rotatable bonds is 3. The summed E-state index contributed by atoms with van der Waals surface area (Å²) < 4.78 is 9.81. The number of nitrogens with one attached hydrogen (secondary N) is 1. The van der Waals surface area contributed by atoms with Crippen LogP contribution in [0.2, 0.25) is 0 Å². The highest BCUT2D eigenvalue weighted by Crippen LogP contribution is 2.34. The number of carbonyl (C=O) groups is 1. The maximum atomic E-state index is 12.3. The standard InChI is InChI=1S/C13H20N4O2S/c1-7-6-19-8(2)5-17(7)13-10(11(14)16-20-13)12(18)15-9-3-4-9/h7-9H,3-6H2,1-2H3,(H2,14,16)(H,15,18). The van der Waals surface area contributed by atoms with Crippen molar-refractivity contribution in [1.82, 2.24) is 9.69 Å². The molecule has 1 amide bonds. The SMILES string of the molecule is CC1CN(c2snc(N)c2C(=O)NC2CC2)C(C)CO1. The molecular formula is C13H20N4O2S. The minimum Gasteiger partial charge on any atom is -0.382 e. The number of nitrogen functional groups attached to an aromatic ring is 1. The maximum absolute atomic E-state index is 12.3. The second-order valence-corrected chi connectivity index (χ2v) is 6.39. The largest absolute Gasteiger partial charge is 0.382 e. The Kier molecular flexibility index (Phi) is 3.55. The zero-order chi connectivity index (χ0) is 14.3. The Bertz CT molecular complexity index is 514. The Hall–Kier alpha value is -1.34. The maximum Gasteiger partial charge on any atom is 0.258 e. The molecule has 1 aromatic heterocycles. The summed E-state index contributed by atoms with van der Waals surface area (Å²) >= 11 is 1.30. The molecule has 1 aliphatic heterocycles. The first-order chi connectivity index (χ1) is 9.56. The quantitative estimate of drug-likeness (QED) is 0.877. The van der Waals surface area contributed by atoms with Crippen LogP contribution in [0.15, 0.2) is 0 Å². The molecule has 7 heteroatoms. The minimum atomic E-state index is -0.0971. The molecule has 0 bridgehead atoms. The van der Waals surface area contributed by atoms with E-state index in [9.17, 15) is 4.79 Å². The molecule has 1 saturated carbocycles. The monoisotopic (exact) mass is 296 g/mol. The number of aromatic nitrogens is 1. The van der Waals surface area contributed by atoms with Crippen LogP contribution in [-0.2, 0) is 4.74 Å². The second kappa shape index (κ2) is 5.21. The Morgan fingerprint density at radius 3 is 2.95 bits per heavy atom.